The van der Waals surface area contributed by atoms with Crippen LogP contribution in [0.15, 0.2) is 58.5 Å². The number of nitrogens with zero attached hydrogens (tertiary/aromatic N) is 2. The van der Waals surface area contributed by atoms with Gasteiger partial charge in [-0.25, -0.2) is 0 Å². The molecule has 0 aliphatic carbocycles. The summed E-state index contributed by atoms with van der Waals surface area (Å²) in [6.07, 6.45) is 3.36. The van der Waals surface area contributed by atoms with Crippen molar-refractivity contribution in [2.24, 2.45) is 0 Å². The third kappa shape index (κ3) is 6.53. The minimum Gasteiger partial charge on any atom is -0.325 e. The molecule has 0 bridgehead atoms. The second-order valence-electron chi connectivity index (χ2n) is 8.77. The number of anilines is 1. The summed E-state index contributed by atoms with van der Waals surface area (Å²) in [6, 6.07) is 15.7. The number of H-pyrrole nitrogens is 1. The Labute approximate surface area is 193 Å². The quantitative estimate of drug-likeness (QED) is 0.460. The maximum atomic E-state index is 12.5. The number of rotatable bonds is 8. The third-order valence-electron chi connectivity index (χ3n) is 5.10. The Kier molecular flexibility index (Phi) is 7.85. The lowest BCUT2D eigenvalue weighted by atomic mass is 9.86. The van der Waals surface area contributed by atoms with Gasteiger partial charge in [-0.1, -0.05) is 82.3 Å². The number of amides is 1. The average Bonchev–Trinajstić information content (AvgIpc) is 2.77. The van der Waals surface area contributed by atoms with Gasteiger partial charge >= 0.3 is 0 Å². The molecule has 1 amide bonds. The Bertz CT molecular complexity index is 1100. The molecule has 168 valence electrons. The molecule has 0 unspecified atom stereocenters. The highest BCUT2D eigenvalue weighted by molar-refractivity contribution is 7.99. The van der Waals surface area contributed by atoms with Crippen molar-refractivity contribution < 1.29 is 4.79 Å². The number of aromatic amines is 1. The van der Waals surface area contributed by atoms with Gasteiger partial charge in [-0.2, -0.15) is 0 Å². The molecule has 0 fully saturated rings. The van der Waals surface area contributed by atoms with Crippen LogP contribution in [0.1, 0.15) is 51.7 Å². The molecular weight excluding hydrogens is 420 g/mol. The van der Waals surface area contributed by atoms with Gasteiger partial charge in [0.2, 0.25) is 5.91 Å². The van der Waals surface area contributed by atoms with E-state index in [0.29, 0.717) is 10.7 Å². The summed E-state index contributed by atoms with van der Waals surface area (Å²) < 4.78 is 0. The van der Waals surface area contributed by atoms with Gasteiger partial charge in [0, 0.05) is 11.3 Å². The summed E-state index contributed by atoms with van der Waals surface area (Å²) >= 11 is 1.14. The number of carbonyl (C=O) groups is 1. The molecule has 0 saturated carbocycles. The number of hydrogen-bond donors (Lipinski definition) is 2. The predicted octanol–water partition coefficient (Wildman–Crippen LogP) is 5.20. The van der Waals surface area contributed by atoms with Gasteiger partial charge in [-0.3, -0.25) is 14.6 Å². The van der Waals surface area contributed by atoms with Gasteiger partial charge in [0.25, 0.3) is 5.56 Å². The first kappa shape index (κ1) is 23.7. The number of hydrogen-bond acceptors (Lipinski definition) is 5. The molecule has 0 aliphatic rings. The highest BCUT2D eigenvalue weighted by Gasteiger charge is 2.15. The molecule has 2 N–H and O–H groups in total. The number of aryl methyl sites for hydroxylation is 1. The van der Waals surface area contributed by atoms with E-state index < -0.39 is 0 Å². The SMILES string of the molecule is CCCCc1ccc(NC(=O)CSc2nnc(-c3ccc(C(C)(C)C)cc3)c(=O)[nH]2)cc1. The Hall–Kier alpha value is -2.93. The molecule has 3 aromatic rings. The molecular formula is C25H30N4O2S. The van der Waals surface area contributed by atoms with E-state index in [1.54, 1.807) is 0 Å². The average molecular weight is 451 g/mol. The van der Waals surface area contributed by atoms with Gasteiger partial charge in [0.15, 0.2) is 10.9 Å². The Morgan fingerprint density at radius 1 is 1.03 bits per heavy atom. The van der Waals surface area contributed by atoms with Crippen molar-refractivity contribution in [3.8, 4) is 11.3 Å². The fraction of sp³-hybridized carbons (Fsp3) is 0.360. The van der Waals surface area contributed by atoms with E-state index in [0.717, 1.165) is 36.7 Å². The van der Waals surface area contributed by atoms with E-state index in [1.165, 1.54) is 11.1 Å². The summed E-state index contributed by atoms with van der Waals surface area (Å²) in [4.78, 5) is 27.5. The first-order chi connectivity index (χ1) is 15.3. The highest BCUT2D eigenvalue weighted by Crippen LogP contribution is 2.24. The molecule has 0 radical (unpaired) electrons. The largest absolute Gasteiger partial charge is 0.325 e. The Morgan fingerprint density at radius 2 is 1.72 bits per heavy atom. The summed E-state index contributed by atoms with van der Waals surface area (Å²) in [5, 5.41) is 11.4. The second-order valence-corrected chi connectivity index (χ2v) is 9.74. The Balaban J connectivity index is 1.57. The van der Waals surface area contributed by atoms with Crippen LogP contribution in [0.4, 0.5) is 5.69 Å². The first-order valence-corrected chi connectivity index (χ1v) is 11.8. The monoisotopic (exact) mass is 450 g/mol. The number of thioether (sulfide) groups is 1. The molecule has 0 atom stereocenters. The minimum absolute atomic E-state index is 0.0365. The topological polar surface area (TPSA) is 87.7 Å². The zero-order chi connectivity index (χ0) is 23.1. The molecule has 1 aromatic heterocycles. The molecule has 7 heteroatoms. The van der Waals surface area contributed by atoms with Crippen LogP contribution in [-0.2, 0) is 16.6 Å². The minimum atomic E-state index is -0.325. The molecule has 6 nitrogen and oxygen atoms in total. The van der Waals surface area contributed by atoms with E-state index in [1.807, 2.05) is 48.5 Å². The zero-order valence-electron chi connectivity index (χ0n) is 19.1. The predicted molar refractivity (Wildman–Crippen MR) is 131 cm³/mol. The van der Waals surface area contributed by atoms with Gasteiger partial charge in [-0.15, -0.1) is 10.2 Å². The fourth-order valence-electron chi connectivity index (χ4n) is 3.17. The van der Waals surface area contributed by atoms with E-state index in [9.17, 15) is 9.59 Å². The summed E-state index contributed by atoms with van der Waals surface area (Å²) in [5.41, 5.74) is 3.89. The van der Waals surface area contributed by atoms with E-state index in [-0.39, 0.29) is 28.3 Å². The Morgan fingerprint density at radius 3 is 2.31 bits per heavy atom. The maximum Gasteiger partial charge on any atom is 0.278 e. The van der Waals surface area contributed by atoms with Gasteiger partial charge < -0.3 is 5.32 Å². The highest BCUT2D eigenvalue weighted by atomic mass is 32.2. The summed E-state index contributed by atoms with van der Waals surface area (Å²) in [5.74, 6) is -0.0391. The number of aromatic nitrogens is 3. The van der Waals surface area contributed by atoms with Gasteiger partial charge in [0.05, 0.1) is 5.75 Å². The molecule has 0 aliphatic heterocycles. The molecule has 3 rings (SSSR count). The maximum absolute atomic E-state index is 12.5. The van der Waals surface area contributed by atoms with Crippen LogP contribution in [0.5, 0.6) is 0 Å². The van der Waals surface area contributed by atoms with Crippen molar-refractivity contribution in [2.75, 3.05) is 11.1 Å². The van der Waals surface area contributed by atoms with Crippen LogP contribution in [0.2, 0.25) is 0 Å². The normalized spacial score (nSPS) is 11.4. The van der Waals surface area contributed by atoms with Crippen LogP contribution in [0.25, 0.3) is 11.3 Å². The molecule has 32 heavy (non-hydrogen) atoms. The van der Waals surface area contributed by atoms with Crippen molar-refractivity contribution in [1.29, 1.82) is 0 Å². The van der Waals surface area contributed by atoms with E-state index >= 15 is 0 Å². The second kappa shape index (κ2) is 10.6. The van der Waals surface area contributed by atoms with E-state index in [4.69, 9.17) is 0 Å². The van der Waals surface area contributed by atoms with Crippen molar-refractivity contribution in [2.45, 2.75) is 57.5 Å². The van der Waals surface area contributed by atoms with Crippen LogP contribution < -0.4 is 10.9 Å². The van der Waals surface area contributed by atoms with Crippen LogP contribution in [0, 0.1) is 0 Å². The summed E-state index contributed by atoms with van der Waals surface area (Å²) in [6.45, 7) is 8.58. The standard InChI is InChI=1S/C25H30N4O2S/c1-5-6-7-17-8-14-20(15-9-17)26-21(30)16-32-24-27-23(31)22(28-29-24)18-10-12-19(13-11-18)25(2,3)4/h8-15H,5-7,16H2,1-4H3,(H,26,30)(H,27,29,31). The number of unbranched alkanes of at least 4 members (excludes halogenated alkanes) is 1. The van der Waals surface area contributed by atoms with Gasteiger partial charge in [-0.05, 0) is 41.5 Å². The smallest absolute Gasteiger partial charge is 0.278 e. The molecule has 0 spiro atoms. The zero-order valence-corrected chi connectivity index (χ0v) is 19.9. The van der Waals surface area contributed by atoms with Crippen LogP contribution in [0.3, 0.4) is 0 Å². The lowest BCUT2D eigenvalue weighted by Gasteiger charge is -2.18. The number of benzene rings is 2. The molecule has 0 saturated heterocycles. The number of nitrogens with one attached hydrogen (secondary N) is 2. The third-order valence-corrected chi connectivity index (χ3v) is 5.96. The van der Waals surface area contributed by atoms with Gasteiger partial charge in [0.1, 0.15) is 0 Å². The van der Waals surface area contributed by atoms with Crippen molar-refractivity contribution >= 4 is 23.4 Å². The van der Waals surface area contributed by atoms with Crippen LogP contribution in [-0.4, -0.2) is 26.8 Å². The number of carbonyl (C=O) groups excluding carboxylic acids is 1. The summed E-state index contributed by atoms with van der Waals surface area (Å²) in [7, 11) is 0. The van der Waals surface area contributed by atoms with Crippen molar-refractivity contribution in [3.05, 3.63) is 70.0 Å². The van der Waals surface area contributed by atoms with Crippen LogP contribution >= 0.6 is 11.8 Å². The molecule has 2 aromatic carbocycles. The van der Waals surface area contributed by atoms with E-state index in [2.05, 4.69) is 48.2 Å². The van der Waals surface area contributed by atoms with Crippen molar-refractivity contribution in [3.63, 3.8) is 0 Å². The van der Waals surface area contributed by atoms with Crippen molar-refractivity contribution in [1.82, 2.24) is 15.2 Å². The lowest BCUT2D eigenvalue weighted by molar-refractivity contribution is -0.113. The first-order valence-electron chi connectivity index (χ1n) is 10.9. The molecule has 1 heterocycles. The lowest BCUT2D eigenvalue weighted by Crippen LogP contribution is -2.17. The fourth-order valence-corrected chi connectivity index (χ4v) is 3.77.